The van der Waals surface area contributed by atoms with Crippen LogP contribution in [0.3, 0.4) is 0 Å². The first-order valence-electron chi connectivity index (χ1n) is 10.1. The fourth-order valence-electron chi connectivity index (χ4n) is 3.12. The van der Waals surface area contributed by atoms with Gasteiger partial charge in [0.15, 0.2) is 0 Å². The summed E-state index contributed by atoms with van der Waals surface area (Å²) in [7, 11) is 0. The van der Waals surface area contributed by atoms with Crippen molar-refractivity contribution in [1.29, 1.82) is 0 Å². The number of benzene rings is 1. The molecular formula is C23H32N2O3. The van der Waals surface area contributed by atoms with Gasteiger partial charge in [-0.15, -0.1) is 0 Å². The van der Waals surface area contributed by atoms with Gasteiger partial charge in [-0.05, 0) is 36.5 Å². The zero-order valence-electron chi connectivity index (χ0n) is 17.3. The van der Waals surface area contributed by atoms with Gasteiger partial charge in [0.2, 0.25) is 11.8 Å². The topological polar surface area (TPSA) is 53.8 Å². The average Bonchev–Trinajstić information content (AvgIpc) is 3.18. The van der Waals surface area contributed by atoms with Crippen LogP contribution in [0.4, 0.5) is 0 Å². The first-order chi connectivity index (χ1) is 13.5. The summed E-state index contributed by atoms with van der Waals surface area (Å²) in [5, 5.41) is 0. The van der Waals surface area contributed by atoms with Crippen LogP contribution >= 0.6 is 0 Å². The van der Waals surface area contributed by atoms with Crippen LogP contribution in [0.15, 0.2) is 53.1 Å². The van der Waals surface area contributed by atoms with Gasteiger partial charge in [0.1, 0.15) is 5.76 Å². The molecule has 0 radical (unpaired) electrons. The summed E-state index contributed by atoms with van der Waals surface area (Å²) in [6, 6.07) is 13.8. The van der Waals surface area contributed by atoms with Gasteiger partial charge >= 0.3 is 0 Å². The van der Waals surface area contributed by atoms with Crippen molar-refractivity contribution in [1.82, 2.24) is 9.80 Å². The minimum Gasteiger partial charge on any atom is -0.467 e. The first kappa shape index (κ1) is 21.7. The Bertz CT molecular complexity index is 711. The molecule has 0 spiro atoms. The van der Waals surface area contributed by atoms with E-state index in [0.717, 1.165) is 18.6 Å². The van der Waals surface area contributed by atoms with E-state index in [4.69, 9.17) is 4.42 Å². The molecule has 0 aliphatic carbocycles. The van der Waals surface area contributed by atoms with Crippen molar-refractivity contribution in [3.63, 3.8) is 0 Å². The lowest BCUT2D eigenvalue weighted by Gasteiger charge is -2.28. The summed E-state index contributed by atoms with van der Waals surface area (Å²) in [6.45, 7) is 7.82. The van der Waals surface area contributed by atoms with Gasteiger partial charge in [-0.1, -0.05) is 51.1 Å². The molecule has 0 bridgehead atoms. The third-order valence-corrected chi connectivity index (χ3v) is 4.52. The third-order valence-electron chi connectivity index (χ3n) is 4.52. The lowest BCUT2D eigenvalue weighted by atomic mass is 10.1. The van der Waals surface area contributed by atoms with E-state index in [1.807, 2.05) is 37.3 Å². The molecule has 0 atom stereocenters. The molecule has 2 amide bonds. The standard InChI is InChI=1S/C23H32N2O3/c1-4-9-22(26)25(16-19(2)3)18-23(27)24(17-21-12-8-15-28-21)14-13-20-10-6-5-7-11-20/h5-8,10-12,15,19H,4,9,13-14,16-18H2,1-3H3. The number of rotatable bonds is 11. The molecule has 1 aromatic carbocycles. The minimum absolute atomic E-state index is 0.0440. The second kappa shape index (κ2) is 11.3. The van der Waals surface area contributed by atoms with Crippen LogP contribution in [0.2, 0.25) is 0 Å². The molecular weight excluding hydrogens is 352 g/mol. The number of hydrogen-bond acceptors (Lipinski definition) is 3. The van der Waals surface area contributed by atoms with Gasteiger partial charge in [-0.3, -0.25) is 9.59 Å². The summed E-state index contributed by atoms with van der Waals surface area (Å²) in [6.07, 6.45) is 3.64. The molecule has 0 aliphatic rings. The highest BCUT2D eigenvalue weighted by atomic mass is 16.3. The molecule has 1 heterocycles. The van der Waals surface area contributed by atoms with Crippen molar-refractivity contribution in [3.8, 4) is 0 Å². The molecule has 0 saturated heterocycles. The van der Waals surface area contributed by atoms with Gasteiger partial charge in [-0.25, -0.2) is 0 Å². The van der Waals surface area contributed by atoms with Crippen molar-refractivity contribution in [2.75, 3.05) is 19.6 Å². The van der Waals surface area contributed by atoms with Crippen LogP contribution < -0.4 is 0 Å². The van der Waals surface area contributed by atoms with E-state index in [-0.39, 0.29) is 18.4 Å². The molecule has 5 heteroatoms. The molecule has 0 fully saturated rings. The van der Waals surface area contributed by atoms with E-state index >= 15 is 0 Å². The van der Waals surface area contributed by atoms with Gasteiger partial charge in [-0.2, -0.15) is 0 Å². The zero-order chi connectivity index (χ0) is 20.4. The van der Waals surface area contributed by atoms with Gasteiger partial charge in [0, 0.05) is 19.5 Å². The second-order valence-electron chi connectivity index (χ2n) is 7.55. The number of nitrogens with zero attached hydrogens (tertiary/aromatic N) is 2. The van der Waals surface area contributed by atoms with Crippen molar-refractivity contribution >= 4 is 11.8 Å². The maximum absolute atomic E-state index is 13.1. The predicted molar refractivity (Wildman–Crippen MR) is 111 cm³/mol. The molecule has 152 valence electrons. The van der Waals surface area contributed by atoms with Crippen molar-refractivity contribution in [3.05, 3.63) is 60.1 Å². The lowest BCUT2D eigenvalue weighted by Crippen LogP contribution is -2.44. The minimum atomic E-state index is -0.0440. The Kier molecular flexibility index (Phi) is 8.79. The van der Waals surface area contributed by atoms with E-state index in [0.29, 0.717) is 32.0 Å². The van der Waals surface area contributed by atoms with Crippen LogP contribution in [0.5, 0.6) is 0 Å². The number of furan rings is 1. The van der Waals surface area contributed by atoms with Gasteiger partial charge in [0.25, 0.3) is 0 Å². The smallest absolute Gasteiger partial charge is 0.242 e. The van der Waals surface area contributed by atoms with E-state index in [1.165, 1.54) is 5.56 Å². The quantitative estimate of drug-likeness (QED) is 0.585. The Labute approximate surface area is 168 Å². The Morgan fingerprint density at radius 2 is 1.75 bits per heavy atom. The fraction of sp³-hybridized carbons (Fsp3) is 0.478. The number of amides is 2. The highest BCUT2D eigenvalue weighted by Crippen LogP contribution is 2.11. The van der Waals surface area contributed by atoms with Crippen molar-refractivity contribution in [2.45, 2.75) is 46.6 Å². The summed E-state index contributed by atoms with van der Waals surface area (Å²) in [4.78, 5) is 29.0. The Morgan fingerprint density at radius 3 is 2.36 bits per heavy atom. The van der Waals surface area contributed by atoms with Crippen molar-refractivity contribution in [2.24, 2.45) is 5.92 Å². The fourth-order valence-corrected chi connectivity index (χ4v) is 3.12. The highest BCUT2D eigenvalue weighted by Gasteiger charge is 2.22. The lowest BCUT2D eigenvalue weighted by molar-refractivity contribution is -0.141. The molecule has 0 unspecified atom stereocenters. The molecule has 2 aromatic rings. The average molecular weight is 385 g/mol. The zero-order valence-corrected chi connectivity index (χ0v) is 17.3. The van der Waals surface area contributed by atoms with Crippen LogP contribution in [0.1, 0.15) is 44.9 Å². The molecule has 0 saturated carbocycles. The van der Waals surface area contributed by atoms with Crippen LogP contribution in [0, 0.1) is 5.92 Å². The SMILES string of the molecule is CCCC(=O)N(CC(=O)N(CCc1ccccc1)Cc1ccco1)CC(C)C. The number of carbonyl (C=O) groups excluding carboxylic acids is 2. The summed E-state index contributed by atoms with van der Waals surface area (Å²) >= 11 is 0. The highest BCUT2D eigenvalue weighted by molar-refractivity contribution is 5.84. The van der Waals surface area contributed by atoms with Crippen molar-refractivity contribution < 1.29 is 14.0 Å². The summed E-state index contributed by atoms with van der Waals surface area (Å²) < 4.78 is 5.45. The van der Waals surface area contributed by atoms with E-state index in [2.05, 4.69) is 26.0 Å². The maximum atomic E-state index is 13.1. The first-order valence-corrected chi connectivity index (χ1v) is 10.1. The van der Waals surface area contributed by atoms with Crippen LogP contribution in [0.25, 0.3) is 0 Å². The number of carbonyl (C=O) groups is 2. The Balaban J connectivity index is 2.07. The molecule has 2 rings (SSSR count). The number of hydrogen-bond donors (Lipinski definition) is 0. The third kappa shape index (κ3) is 7.22. The van der Waals surface area contributed by atoms with Gasteiger partial charge in [0.05, 0.1) is 19.4 Å². The predicted octanol–water partition coefficient (Wildman–Crippen LogP) is 4.14. The van der Waals surface area contributed by atoms with E-state index in [9.17, 15) is 9.59 Å². The molecule has 0 N–H and O–H groups in total. The summed E-state index contributed by atoms with van der Waals surface area (Å²) in [5.41, 5.74) is 1.18. The van der Waals surface area contributed by atoms with Crippen LogP contribution in [-0.2, 0) is 22.6 Å². The largest absolute Gasteiger partial charge is 0.467 e. The van der Waals surface area contributed by atoms with E-state index < -0.39 is 0 Å². The van der Waals surface area contributed by atoms with E-state index in [1.54, 1.807) is 16.1 Å². The van der Waals surface area contributed by atoms with Crippen LogP contribution in [-0.4, -0.2) is 41.2 Å². The second-order valence-corrected chi connectivity index (χ2v) is 7.55. The summed E-state index contributed by atoms with van der Waals surface area (Å²) in [5.74, 6) is 1.07. The monoisotopic (exact) mass is 384 g/mol. The Hall–Kier alpha value is -2.56. The molecule has 5 nitrogen and oxygen atoms in total. The normalized spacial score (nSPS) is 10.9. The maximum Gasteiger partial charge on any atom is 0.242 e. The Morgan fingerprint density at radius 1 is 1.00 bits per heavy atom. The molecule has 0 aliphatic heterocycles. The molecule has 1 aromatic heterocycles. The molecule has 28 heavy (non-hydrogen) atoms. The van der Waals surface area contributed by atoms with Gasteiger partial charge < -0.3 is 14.2 Å².